The Kier molecular flexibility index (Phi) is 3.63. The normalized spacial score (nSPS) is 10.8. The van der Waals surface area contributed by atoms with Crippen molar-refractivity contribution in [2.45, 2.75) is 0 Å². The molecule has 2 rings (SSSR count). The van der Waals surface area contributed by atoms with Gasteiger partial charge in [0.1, 0.15) is 17.9 Å². The first-order chi connectivity index (χ1) is 8.67. The molecule has 0 amide bonds. The van der Waals surface area contributed by atoms with Crippen molar-refractivity contribution in [3.05, 3.63) is 70.8 Å². The fraction of sp³-hybridized carbons (Fsp3) is 0. The Labute approximate surface area is 103 Å². The van der Waals surface area contributed by atoms with Crippen molar-refractivity contribution in [1.82, 2.24) is 0 Å². The molecule has 18 heavy (non-hydrogen) atoms. The molecule has 0 spiro atoms. The van der Waals surface area contributed by atoms with Gasteiger partial charge in [-0.2, -0.15) is 0 Å². The Morgan fingerprint density at radius 2 is 1.33 bits per heavy atom. The van der Waals surface area contributed by atoms with Gasteiger partial charge in [-0.15, -0.1) is 0 Å². The molecule has 1 nitrogen and oxygen atoms in total. The van der Waals surface area contributed by atoms with E-state index in [4.69, 9.17) is 0 Å². The zero-order valence-corrected chi connectivity index (χ0v) is 9.44. The van der Waals surface area contributed by atoms with Crippen molar-refractivity contribution in [1.29, 1.82) is 0 Å². The third-order valence-electron chi connectivity index (χ3n) is 2.42. The van der Waals surface area contributed by atoms with Crippen LogP contribution in [0.4, 0.5) is 8.78 Å². The van der Waals surface area contributed by atoms with E-state index in [-0.39, 0.29) is 11.4 Å². The number of hydrogen-bond donors (Lipinski definition) is 0. The van der Waals surface area contributed by atoms with Crippen molar-refractivity contribution in [2.24, 2.45) is 0 Å². The predicted molar refractivity (Wildman–Crippen MR) is 67.1 cm³/mol. The first-order valence-corrected chi connectivity index (χ1v) is 5.37. The van der Waals surface area contributed by atoms with Crippen LogP contribution in [0, 0.1) is 11.6 Å². The molecule has 3 heteroatoms. The first kappa shape index (κ1) is 12.2. The Morgan fingerprint density at radius 3 is 2.00 bits per heavy atom. The molecule has 0 heterocycles. The summed E-state index contributed by atoms with van der Waals surface area (Å²) in [7, 11) is 0. The van der Waals surface area contributed by atoms with Crippen LogP contribution in [0.5, 0.6) is 0 Å². The number of rotatable bonds is 3. The van der Waals surface area contributed by atoms with E-state index in [9.17, 15) is 13.6 Å². The highest BCUT2D eigenvalue weighted by Gasteiger charge is 1.97. The van der Waals surface area contributed by atoms with E-state index in [0.29, 0.717) is 11.8 Å². The maximum Gasteiger partial charge on any atom is 0.150 e. The van der Waals surface area contributed by atoms with E-state index in [0.717, 1.165) is 5.56 Å². The molecule has 0 atom stereocenters. The molecule has 0 aromatic heterocycles. The molecule has 0 N–H and O–H groups in total. The van der Waals surface area contributed by atoms with Crippen LogP contribution in [0.2, 0.25) is 0 Å². The molecule has 0 unspecified atom stereocenters. The first-order valence-electron chi connectivity index (χ1n) is 5.37. The largest absolute Gasteiger partial charge is 0.298 e. The minimum absolute atomic E-state index is 0.286. The zero-order valence-electron chi connectivity index (χ0n) is 9.44. The predicted octanol–water partition coefficient (Wildman–Crippen LogP) is 3.95. The maximum absolute atomic E-state index is 13.2. The van der Waals surface area contributed by atoms with Gasteiger partial charge in [-0.3, -0.25) is 4.79 Å². The van der Waals surface area contributed by atoms with Gasteiger partial charge in [-0.05, 0) is 41.5 Å². The highest BCUT2D eigenvalue weighted by atomic mass is 19.1. The van der Waals surface area contributed by atoms with Crippen LogP contribution in [0.3, 0.4) is 0 Å². The summed E-state index contributed by atoms with van der Waals surface area (Å²) < 4.78 is 25.8. The van der Waals surface area contributed by atoms with Crippen LogP contribution in [-0.2, 0) is 0 Å². The molecule has 0 aliphatic carbocycles. The van der Waals surface area contributed by atoms with Crippen LogP contribution < -0.4 is 0 Å². The summed E-state index contributed by atoms with van der Waals surface area (Å²) >= 11 is 0. The number of hydrogen-bond acceptors (Lipinski definition) is 1. The maximum atomic E-state index is 13.2. The Bertz CT molecular complexity index is 586. The fourth-order valence-corrected chi connectivity index (χ4v) is 1.57. The van der Waals surface area contributed by atoms with Crippen molar-refractivity contribution in [3.63, 3.8) is 0 Å². The number of aldehydes is 1. The average Bonchev–Trinajstić information content (AvgIpc) is 2.37. The minimum atomic E-state index is -0.460. The van der Waals surface area contributed by atoms with Gasteiger partial charge < -0.3 is 0 Å². The van der Waals surface area contributed by atoms with Crippen molar-refractivity contribution >= 4 is 18.4 Å². The van der Waals surface area contributed by atoms with E-state index in [2.05, 4.69) is 0 Å². The molecule has 90 valence electrons. The van der Waals surface area contributed by atoms with Crippen LogP contribution in [0.25, 0.3) is 12.2 Å². The molecule has 0 saturated heterocycles. The topological polar surface area (TPSA) is 17.1 Å². The summed E-state index contributed by atoms with van der Waals surface area (Å²) in [5, 5.41) is 0. The van der Waals surface area contributed by atoms with Crippen LogP contribution in [-0.4, -0.2) is 6.29 Å². The lowest BCUT2D eigenvalue weighted by Gasteiger charge is -1.97. The lowest BCUT2D eigenvalue weighted by Crippen LogP contribution is -1.85. The Hall–Kier alpha value is -2.29. The van der Waals surface area contributed by atoms with Crippen molar-refractivity contribution in [2.75, 3.05) is 0 Å². The Morgan fingerprint density at radius 1 is 0.722 bits per heavy atom. The number of halogens is 2. The summed E-state index contributed by atoms with van der Waals surface area (Å²) in [6.45, 7) is 0. The SMILES string of the molecule is O=Cc1cc(F)cc(/C=C/c2ccc(F)cc2)c1. The summed E-state index contributed by atoms with van der Waals surface area (Å²) in [5.41, 5.74) is 1.67. The molecule has 0 aliphatic rings. The molecule has 2 aromatic rings. The number of carbonyl (C=O) groups excluding carboxylic acids is 1. The van der Waals surface area contributed by atoms with Crippen LogP contribution >= 0.6 is 0 Å². The van der Waals surface area contributed by atoms with Gasteiger partial charge in [0.15, 0.2) is 0 Å². The van der Waals surface area contributed by atoms with E-state index >= 15 is 0 Å². The van der Waals surface area contributed by atoms with Gasteiger partial charge in [0.25, 0.3) is 0 Å². The molecule has 0 radical (unpaired) electrons. The van der Waals surface area contributed by atoms with Gasteiger partial charge in [-0.25, -0.2) is 8.78 Å². The third kappa shape index (κ3) is 3.10. The molecule has 2 aromatic carbocycles. The van der Waals surface area contributed by atoms with Crippen molar-refractivity contribution in [3.8, 4) is 0 Å². The number of benzene rings is 2. The molecule has 0 bridgehead atoms. The zero-order chi connectivity index (χ0) is 13.0. The summed E-state index contributed by atoms with van der Waals surface area (Å²) in [6, 6.07) is 10.0. The lowest BCUT2D eigenvalue weighted by atomic mass is 10.1. The second-order valence-corrected chi connectivity index (χ2v) is 3.82. The van der Waals surface area contributed by atoms with Crippen molar-refractivity contribution < 1.29 is 13.6 Å². The fourth-order valence-electron chi connectivity index (χ4n) is 1.57. The summed E-state index contributed by atoms with van der Waals surface area (Å²) in [6.07, 6.45) is 3.99. The van der Waals surface area contributed by atoms with E-state index in [1.807, 2.05) is 0 Å². The molecular weight excluding hydrogens is 234 g/mol. The van der Waals surface area contributed by atoms with Crippen LogP contribution in [0.15, 0.2) is 42.5 Å². The quantitative estimate of drug-likeness (QED) is 0.590. The van der Waals surface area contributed by atoms with E-state index in [1.165, 1.54) is 24.3 Å². The minimum Gasteiger partial charge on any atom is -0.298 e. The van der Waals surface area contributed by atoms with Gasteiger partial charge in [0, 0.05) is 5.56 Å². The summed E-state index contributed by atoms with van der Waals surface area (Å²) in [4.78, 5) is 10.6. The monoisotopic (exact) mass is 244 g/mol. The highest BCUT2D eigenvalue weighted by molar-refractivity contribution is 5.78. The third-order valence-corrected chi connectivity index (χ3v) is 2.42. The number of carbonyl (C=O) groups is 1. The second-order valence-electron chi connectivity index (χ2n) is 3.82. The van der Waals surface area contributed by atoms with Gasteiger partial charge in [0.05, 0.1) is 0 Å². The smallest absolute Gasteiger partial charge is 0.150 e. The van der Waals surface area contributed by atoms with Gasteiger partial charge in [-0.1, -0.05) is 24.3 Å². The Balaban J connectivity index is 2.25. The summed E-state index contributed by atoms with van der Waals surface area (Å²) in [5.74, 6) is -0.764. The van der Waals surface area contributed by atoms with E-state index in [1.54, 1.807) is 30.4 Å². The lowest BCUT2D eigenvalue weighted by molar-refractivity contribution is 0.112. The molecular formula is C15H10F2O. The average molecular weight is 244 g/mol. The molecule has 0 fully saturated rings. The molecule has 0 saturated carbocycles. The standard InChI is InChI=1S/C15H10F2O/c16-14-5-3-11(4-6-14)1-2-12-7-13(10-18)9-15(17)8-12/h1-10H/b2-1+. The second kappa shape index (κ2) is 5.36. The van der Waals surface area contributed by atoms with Gasteiger partial charge >= 0.3 is 0 Å². The van der Waals surface area contributed by atoms with E-state index < -0.39 is 5.82 Å². The van der Waals surface area contributed by atoms with Gasteiger partial charge in [0.2, 0.25) is 0 Å². The molecule has 0 aliphatic heterocycles. The highest BCUT2D eigenvalue weighted by Crippen LogP contribution is 2.12. The van der Waals surface area contributed by atoms with Crippen LogP contribution in [0.1, 0.15) is 21.5 Å².